The van der Waals surface area contributed by atoms with Crippen molar-refractivity contribution < 1.29 is 9.53 Å². The van der Waals surface area contributed by atoms with Crippen LogP contribution in [0.5, 0.6) is 5.75 Å². The third kappa shape index (κ3) is 3.27. The standard InChI is InChI=1S/C18H26N2O2/c1-20-10-4-6-14(12-20)18(21)19-17-7-3-5-13-11-15(22-2)8-9-16(13)17/h8-9,11,14,17H,3-7,10,12H2,1-2H3,(H,19,21). The van der Waals surface area contributed by atoms with E-state index in [9.17, 15) is 4.79 Å². The van der Waals surface area contributed by atoms with Crippen molar-refractivity contribution in [3.8, 4) is 5.75 Å². The SMILES string of the molecule is COc1ccc2c(c1)CCCC2NC(=O)C1CCCN(C)C1. The Morgan fingerprint density at radius 2 is 2.18 bits per heavy atom. The van der Waals surface area contributed by atoms with Gasteiger partial charge in [-0.3, -0.25) is 4.79 Å². The Balaban J connectivity index is 1.70. The Kier molecular flexibility index (Phi) is 4.67. The first-order chi connectivity index (χ1) is 10.7. The van der Waals surface area contributed by atoms with E-state index in [-0.39, 0.29) is 17.9 Å². The minimum atomic E-state index is 0.141. The number of ether oxygens (including phenoxy) is 1. The summed E-state index contributed by atoms with van der Waals surface area (Å²) in [7, 11) is 3.80. The zero-order valence-electron chi connectivity index (χ0n) is 13.6. The highest BCUT2D eigenvalue weighted by atomic mass is 16.5. The van der Waals surface area contributed by atoms with Gasteiger partial charge in [0.2, 0.25) is 5.91 Å². The summed E-state index contributed by atoms with van der Waals surface area (Å²) in [5.74, 6) is 1.27. The van der Waals surface area contributed by atoms with Crippen molar-refractivity contribution in [1.29, 1.82) is 0 Å². The van der Waals surface area contributed by atoms with Crippen molar-refractivity contribution in [3.63, 3.8) is 0 Å². The van der Waals surface area contributed by atoms with Crippen LogP contribution in [0.3, 0.4) is 0 Å². The van der Waals surface area contributed by atoms with Crippen molar-refractivity contribution in [1.82, 2.24) is 10.2 Å². The molecule has 1 aromatic rings. The second kappa shape index (κ2) is 6.69. The van der Waals surface area contributed by atoms with E-state index in [1.807, 2.05) is 6.07 Å². The number of methoxy groups -OCH3 is 1. The van der Waals surface area contributed by atoms with Gasteiger partial charge in [0.1, 0.15) is 5.75 Å². The van der Waals surface area contributed by atoms with Gasteiger partial charge in [-0.15, -0.1) is 0 Å². The third-order valence-electron chi connectivity index (χ3n) is 4.98. The van der Waals surface area contributed by atoms with Crippen molar-refractivity contribution >= 4 is 5.91 Å². The molecule has 1 saturated heterocycles. The van der Waals surface area contributed by atoms with Gasteiger partial charge in [-0.05, 0) is 69.0 Å². The van der Waals surface area contributed by atoms with Gasteiger partial charge < -0.3 is 15.0 Å². The molecular formula is C18H26N2O2. The van der Waals surface area contributed by atoms with Crippen LogP contribution in [-0.4, -0.2) is 38.1 Å². The summed E-state index contributed by atoms with van der Waals surface area (Å²) in [6.07, 6.45) is 5.36. The molecule has 0 spiro atoms. The van der Waals surface area contributed by atoms with Crippen LogP contribution in [0, 0.1) is 5.92 Å². The number of rotatable bonds is 3. The second-order valence-electron chi connectivity index (χ2n) is 6.62. The van der Waals surface area contributed by atoms with Crippen LogP contribution in [-0.2, 0) is 11.2 Å². The first-order valence-corrected chi connectivity index (χ1v) is 8.33. The Morgan fingerprint density at radius 1 is 1.32 bits per heavy atom. The molecule has 2 atom stereocenters. The molecule has 1 aliphatic heterocycles. The number of hydrogen-bond donors (Lipinski definition) is 1. The van der Waals surface area contributed by atoms with E-state index in [2.05, 4.69) is 29.4 Å². The fraction of sp³-hybridized carbons (Fsp3) is 0.611. The van der Waals surface area contributed by atoms with E-state index in [0.29, 0.717) is 0 Å². The number of nitrogens with zero attached hydrogens (tertiary/aromatic N) is 1. The lowest BCUT2D eigenvalue weighted by Crippen LogP contribution is -2.43. The molecule has 2 unspecified atom stereocenters. The zero-order valence-corrected chi connectivity index (χ0v) is 13.6. The van der Waals surface area contributed by atoms with E-state index in [0.717, 1.165) is 50.9 Å². The molecule has 0 saturated carbocycles. The molecule has 1 fully saturated rings. The average molecular weight is 302 g/mol. The quantitative estimate of drug-likeness (QED) is 0.933. The molecule has 0 aromatic heterocycles. The number of amides is 1. The lowest BCUT2D eigenvalue weighted by Gasteiger charge is -2.32. The van der Waals surface area contributed by atoms with Gasteiger partial charge in [-0.2, -0.15) is 0 Å². The van der Waals surface area contributed by atoms with Gasteiger partial charge >= 0.3 is 0 Å². The normalized spacial score (nSPS) is 25.4. The summed E-state index contributed by atoms with van der Waals surface area (Å²) in [5.41, 5.74) is 2.58. The molecule has 2 aliphatic rings. The molecule has 0 radical (unpaired) electrons. The molecule has 120 valence electrons. The highest BCUT2D eigenvalue weighted by molar-refractivity contribution is 5.79. The Labute approximate surface area is 132 Å². The van der Waals surface area contributed by atoms with Crippen LogP contribution in [0.2, 0.25) is 0 Å². The van der Waals surface area contributed by atoms with Gasteiger partial charge in [0.15, 0.2) is 0 Å². The smallest absolute Gasteiger partial charge is 0.224 e. The Hall–Kier alpha value is -1.55. The summed E-state index contributed by atoms with van der Waals surface area (Å²) in [6, 6.07) is 6.39. The minimum Gasteiger partial charge on any atom is -0.497 e. The van der Waals surface area contributed by atoms with E-state index >= 15 is 0 Å². The summed E-state index contributed by atoms with van der Waals surface area (Å²) in [5, 5.41) is 3.30. The number of carbonyl (C=O) groups excluding carboxylic acids is 1. The van der Waals surface area contributed by atoms with Crippen LogP contribution in [0.1, 0.15) is 42.9 Å². The summed E-state index contributed by atoms with van der Waals surface area (Å²) < 4.78 is 5.31. The highest BCUT2D eigenvalue weighted by Gasteiger charge is 2.28. The Morgan fingerprint density at radius 3 is 2.95 bits per heavy atom. The second-order valence-corrected chi connectivity index (χ2v) is 6.62. The van der Waals surface area contributed by atoms with Crippen LogP contribution in [0.4, 0.5) is 0 Å². The molecule has 4 nitrogen and oxygen atoms in total. The van der Waals surface area contributed by atoms with E-state index in [1.54, 1.807) is 7.11 Å². The number of benzene rings is 1. The molecule has 1 amide bonds. The average Bonchev–Trinajstić information content (AvgIpc) is 2.54. The summed E-state index contributed by atoms with van der Waals surface area (Å²) in [6.45, 7) is 1.99. The fourth-order valence-corrected chi connectivity index (χ4v) is 3.74. The maximum Gasteiger partial charge on any atom is 0.224 e. The van der Waals surface area contributed by atoms with Gasteiger partial charge in [0.05, 0.1) is 19.1 Å². The number of nitrogens with one attached hydrogen (secondary N) is 1. The summed E-state index contributed by atoms with van der Waals surface area (Å²) >= 11 is 0. The molecule has 1 heterocycles. The lowest BCUT2D eigenvalue weighted by atomic mass is 9.87. The maximum absolute atomic E-state index is 12.6. The minimum absolute atomic E-state index is 0.141. The molecule has 1 aromatic carbocycles. The zero-order chi connectivity index (χ0) is 15.5. The maximum atomic E-state index is 12.6. The van der Waals surface area contributed by atoms with Gasteiger partial charge in [0.25, 0.3) is 0 Å². The molecular weight excluding hydrogens is 276 g/mol. The Bertz CT molecular complexity index is 544. The largest absolute Gasteiger partial charge is 0.497 e. The monoisotopic (exact) mass is 302 g/mol. The van der Waals surface area contributed by atoms with Crippen molar-refractivity contribution in [2.45, 2.75) is 38.1 Å². The van der Waals surface area contributed by atoms with E-state index in [1.165, 1.54) is 11.1 Å². The number of hydrogen-bond acceptors (Lipinski definition) is 3. The van der Waals surface area contributed by atoms with Crippen molar-refractivity contribution in [3.05, 3.63) is 29.3 Å². The number of piperidine rings is 1. The van der Waals surface area contributed by atoms with Crippen molar-refractivity contribution in [2.24, 2.45) is 5.92 Å². The number of aryl methyl sites for hydroxylation is 1. The van der Waals surface area contributed by atoms with E-state index < -0.39 is 0 Å². The molecule has 1 N–H and O–H groups in total. The predicted octanol–water partition coefficient (Wildman–Crippen LogP) is 2.53. The van der Waals surface area contributed by atoms with E-state index in [4.69, 9.17) is 4.74 Å². The van der Waals surface area contributed by atoms with Gasteiger partial charge in [-0.1, -0.05) is 6.07 Å². The number of carbonyl (C=O) groups is 1. The van der Waals surface area contributed by atoms with Crippen LogP contribution in [0.15, 0.2) is 18.2 Å². The lowest BCUT2D eigenvalue weighted by molar-refractivity contribution is -0.127. The summed E-state index contributed by atoms with van der Waals surface area (Å²) in [4.78, 5) is 14.8. The number of fused-ring (bicyclic) bond motifs is 1. The topological polar surface area (TPSA) is 41.6 Å². The molecule has 22 heavy (non-hydrogen) atoms. The number of likely N-dealkylation sites (tertiary alicyclic amines) is 1. The van der Waals surface area contributed by atoms with Gasteiger partial charge in [-0.25, -0.2) is 0 Å². The van der Waals surface area contributed by atoms with Gasteiger partial charge in [0, 0.05) is 6.54 Å². The predicted molar refractivity (Wildman–Crippen MR) is 87.0 cm³/mol. The molecule has 3 rings (SSSR count). The molecule has 4 heteroatoms. The molecule has 0 bridgehead atoms. The highest BCUT2D eigenvalue weighted by Crippen LogP contribution is 2.32. The third-order valence-corrected chi connectivity index (χ3v) is 4.98. The van der Waals surface area contributed by atoms with Crippen LogP contribution >= 0.6 is 0 Å². The fourth-order valence-electron chi connectivity index (χ4n) is 3.74. The van der Waals surface area contributed by atoms with Crippen LogP contribution < -0.4 is 10.1 Å². The first kappa shape index (κ1) is 15.3. The van der Waals surface area contributed by atoms with Crippen LogP contribution in [0.25, 0.3) is 0 Å². The van der Waals surface area contributed by atoms with Crippen molar-refractivity contribution in [2.75, 3.05) is 27.2 Å². The first-order valence-electron chi connectivity index (χ1n) is 8.33. The molecule has 1 aliphatic carbocycles.